The second kappa shape index (κ2) is 6.34. The van der Waals surface area contributed by atoms with Crippen LogP contribution in [0.15, 0.2) is 0 Å². The van der Waals surface area contributed by atoms with Gasteiger partial charge < -0.3 is 24.9 Å². The monoisotopic (exact) mass is 268 g/mol. The summed E-state index contributed by atoms with van der Waals surface area (Å²) in [6, 6.07) is 0. The van der Waals surface area contributed by atoms with E-state index in [0.29, 0.717) is 6.29 Å². The van der Waals surface area contributed by atoms with Crippen LogP contribution in [-0.4, -0.2) is 58.7 Å². The fourth-order valence-corrected chi connectivity index (χ4v) is 1.86. The van der Waals surface area contributed by atoms with Crippen LogP contribution in [0.5, 0.6) is 0 Å². The fourth-order valence-electron chi connectivity index (χ4n) is 1.59. The van der Waals surface area contributed by atoms with Gasteiger partial charge >= 0.3 is 7.91 Å². The van der Waals surface area contributed by atoms with E-state index in [1.165, 1.54) is 0 Å². The number of ether oxygens (including phenoxy) is 1. The van der Waals surface area contributed by atoms with Crippen molar-refractivity contribution in [1.29, 1.82) is 0 Å². The zero-order valence-electron chi connectivity index (χ0n) is 8.71. The zero-order chi connectivity index (χ0) is 13.0. The van der Waals surface area contributed by atoms with Crippen LogP contribution < -0.4 is 0 Å². The Balaban J connectivity index is 2.66. The summed E-state index contributed by atoms with van der Waals surface area (Å²) in [5, 5.41) is 28.5. The second-order valence-corrected chi connectivity index (χ2v) is 4.31. The van der Waals surface area contributed by atoms with Gasteiger partial charge in [0, 0.05) is 6.42 Å². The standard InChI is InChI=1S/C8H13O8P/c9-2-1-4-6(10)8(12)7(11)5(16-4)3-15-17(13)14/h2,4-8,10-12H,1,3H2/t4-,5?,6?,7-,8-/m1/s1. The van der Waals surface area contributed by atoms with Crippen LogP contribution in [0, 0.1) is 0 Å². The number of carbonyl (C=O) groups excluding carboxylic acids is 1. The predicted molar refractivity (Wildman–Crippen MR) is 51.6 cm³/mol. The lowest BCUT2D eigenvalue weighted by molar-refractivity contribution is -0.226. The van der Waals surface area contributed by atoms with Crippen molar-refractivity contribution in [3.63, 3.8) is 0 Å². The quantitative estimate of drug-likeness (QED) is 0.407. The molecule has 98 valence electrons. The molecule has 5 atom stereocenters. The van der Waals surface area contributed by atoms with Crippen LogP contribution >= 0.6 is 7.91 Å². The van der Waals surface area contributed by atoms with E-state index in [2.05, 4.69) is 4.52 Å². The van der Waals surface area contributed by atoms with Crippen LogP contribution in [0.1, 0.15) is 6.42 Å². The Morgan fingerprint density at radius 3 is 2.24 bits per heavy atom. The van der Waals surface area contributed by atoms with Crippen molar-refractivity contribution in [2.75, 3.05) is 6.61 Å². The Morgan fingerprint density at radius 1 is 1.12 bits per heavy atom. The normalized spacial score (nSPS) is 37.7. The van der Waals surface area contributed by atoms with Gasteiger partial charge in [-0.05, 0) is 0 Å². The first kappa shape index (κ1) is 14.4. The number of carbonyl (C=O) groups is 1. The van der Waals surface area contributed by atoms with Crippen molar-refractivity contribution in [2.24, 2.45) is 0 Å². The summed E-state index contributed by atoms with van der Waals surface area (Å²) in [5.41, 5.74) is 0. The molecule has 0 bridgehead atoms. The summed E-state index contributed by atoms with van der Waals surface area (Å²) in [6.45, 7) is -0.487. The molecule has 8 nitrogen and oxygen atoms in total. The van der Waals surface area contributed by atoms with Crippen molar-refractivity contribution in [2.45, 2.75) is 36.9 Å². The van der Waals surface area contributed by atoms with Crippen molar-refractivity contribution >= 4 is 14.2 Å². The lowest BCUT2D eigenvalue weighted by Gasteiger charge is -2.39. The predicted octanol–water partition coefficient (Wildman–Crippen LogP) is -1.47. The second-order valence-electron chi connectivity index (χ2n) is 3.61. The third-order valence-electron chi connectivity index (χ3n) is 2.48. The first-order valence-electron chi connectivity index (χ1n) is 4.88. The molecule has 0 aromatic rings. The van der Waals surface area contributed by atoms with Gasteiger partial charge in [-0.2, -0.15) is 0 Å². The molecule has 1 aliphatic rings. The molecule has 0 aliphatic carbocycles. The van der Waals surface area contributed by atoms with E-state index in [1.807, 2.05) is 0 Å². The maximum atomic E-state index is 10.3. The molecule has 2 unspecified atom stereocenters. The zero-order valence-corrected chi connectivity index (χ0v) is 9.60. The Labute approximate surface area is 97.1 Å². The maximum Gasteiger partial charge on any atom is 0.468 e. The average Bonchev–Trinajstić information content (AvgIpc) is 2.28. The maximum absolute atomic E-state index is 10.3. The highest BCUT2D eigenvalue weighted by Gasteiger charge is 2.43. The van der Waals surface area contributed by atoms with Crippen LogP contribution in [-0.2, 0) is 23.2 Å². The number of hydrogen-bond acceptors (Lipinski definition) is 8. The Hall–Kier alpha value is -0.630. The Morgan fingerprint density at radius 2 is 1.71 bits per heavy atom. The molecule has 0 aromatic carbocycles. The number of aliphatic hydroxyl groups excluding tert-OH is 3. The van der Waals surface area contributed by atoms with Gasteiger partial charge in [0.1, 0.15) is 30.7 Å². The molecule has 17 heavy (non-hydrogen) atoms. The molecule has 0 amide bonds. The summed E-state index contributed by atoms with van der Waals surface area (Å²) >= 11 is 0. The summed E-state index contributed by atoms with van der Waals surface area (Å²) in [4.78, 5) is 10.3. The van der Waals surface area contributed by atoms with Crippen molar-refractivity contribution in [3.8, 4) is 0 Å². The lowest BCUT2D eigenvalue weighted by atomic mass is 9.94. The molecule has 1 saturated heterocycles. The van der Waals surface area contributed by atoms with Gasteiger partial charge in [-0.25, -0.2) is 9.13 Å². The van der Waals surface area contributed by atoms with E-state index in [9.17, 15) is 29.2 Å². The topological polar surface area (TPSA) is 130 Å². The largest absolute Gasteiger partial charge is 0.468 e. The van der Waals surface area contributed by atoms with Crippen molar-refractivity contribution in [1.82, 2.24) is 0 Å². The summed E-state index contributed by atoms with van der Waals surface area (Å²) in [7, 11) is -3.10. The molecule has 9 heteroatoms. The highest BCUT2D eigenvalue weighted by molar-refractivity contribution is 7.24. The highest BCUT2D eigenvalue weighted by Crippen LogP contribution is 2.24. The fraction of sp³-hybridized carbons (Fsp3) is 0.875. The van der Waals surface area contributed by atoms with Gasteiger partial charge in [-0.1, -0.05) is 0 Å². The van der Waals surface area contributed by atoms with Gasteiger partial charge in [-0.3, -0.25) is 4.52 Å². The summed E-state index contributed by atoms with van der Waals surface area (Å²) < 4.78 is 29.8. The van der Waals surface area contributed by atoms with Gasteiger partial charge in [-0.15, -0.1) is 0 Å². The molecule has 1 fully saturated rings. The molecule has 0 saturated carbocycles. The van der Waals surface area contributed by atoms with E-state index in [-0.39, 0.29) is 6.42 Å². The van der Waals surface area contributed by atoms with Gasteiger partial charge in [0.25, 0.3) is 0 Å². The number of aliphatic hydroxyl groups is 3. The number of hydrogen-bond donors (Lipinski definition) is 3. The smallest absolute Gasteiger partial charge is 0.388 e. The first-order chi connectivity index (χ1) is 7.97. The number of aldehydes is 1. The minimum atomic E-state index is -3.10. The highest BCUT2D eigenvalue weighted by atomic mass is 31.1. The minimum absolute atomic E-state index is 0.176. The summed E-state index contributed by atoms with van der Waals surface area (Å²) in [5.74, 6) is 0. The average molecular weight is 268 g/mol. The Bertz CT molecular complexity index is 321. The number of rotatable bonds is 5. The summed E-state index contributed by atoms with van der Waals surface area (Å²) in [6.07, 6.45) is -6.22. The van der Waals surface area contributed by atoms with E-state index in [0.717, 1.165) is 0 Å². The molecule has 0 spiro atoms. The molecular weight excluding hydrogens is 255 g/mol. The molecule has 0 aromatic heterocycles. The molecule has 1 rings (SSSR count). The molecular formula is C8H13O8P. The van der Waals surface area contributed by atoms with E-state index < -0.39 is 45.0 Å². The van der Waals surface area contributed by atoms with Gasteiger partial charge in [0.15, 0.2) is 0 Å². The molecule has 3 N–H and O–H groups in total. The van der Waals surface area contributed by atoms with Crippen LogP contribution in [0.2, 0.25) is 0 Å². The Kier molecular flexibility index (Phi) is 5.38. The third kappa shape index (κ3) is 3.67. The molecule has 0 radical (unpaired) electrons. The van der Waals surface area contributed by atoms with E-state index >= 15 is 0 Å². The van der Waals surface area contributed by atoms with Gasteiger partial charge in [0.05, 0.1) is 12.7 Å². The lowest BCUT2D eigenvalue weighted by Crippen LogP contribution is -2.58. The van der Waals surface area contributed by atoms with E-state index in [4.69, 9.17) is 4.74 Å². The van der Waals surface area contributed by atoms with Crippen molar-refractivity contribution < 1.29 is 38.5 Å². The first-order valence-corrected chi connectivity index (χ1v) is 5.97. The van der Waals surface area contributed by atoms with Crippen LogP contribution in [0.25, 0.3) is 0 Å². The van der Waals surface area contributed by atoms with Crippen LogP contribution in [0.4, 0.5) is 0 Å². The molecule has 1 heterocycles. The third-order valence-corrected chi connectivity index (χ3v) is 2.84. The van der Waals surface area contributed by atoms with Gasteiger partial charge in [0.2, 0.25) is 0 Å². The van der Waals surface area contributed by atoms with Crippen molar-refractivity contribution in [3.05, 3.63) is 0 Å². The van der Waals surface area contributed by atoms with E-state index in [1.54, 1.807) is 0 Å². The minimum Gasteiger partial charge on any atom is -0.388 e. The SMILES string of the molecule is O=CC[C@H]1OC(COP(=O)=O)[C@@H](O)[C@H](O)C1O. The molecule has 1 aliphatic heterocycles. The van der Waals surface area contributed by atoms with Crippen LogP contribution in [0.3, 0.4) is 0 Å².